The van der Waals surface area contributed by atoms with Gasteiger partial charge in [-0.15, -0.1) is 0 Å². The number of nitrogens with one attached hydrogen (secondary N) is 1. The molecule has 1 N–H and O–H groups in total. The molecule has 29 heavy (non-hydrogen) atoms. The van der Waals surface area contributed by atoms with Crippen LogP contribution in [0.5, 0.6) is 0 Å². The fourth-order valence-corrected chi connectivity index (χ4v) is 4.52. The fourth-order valence-electron chi connectivity index (χ4n) is 3.82. The molecule has 0 aliphatic carbocycles. The second kappa shape index (κ2) is 7.75. The number of amides is 2. The highest BCUT2D eigenvalue weighted by Crippen LogP contribution is 2.44. The number of carbonyl (C=O) groups is 3. The third-order valence-electron chi connectivity index (χ3n) is 5.32. The van der Waals surface area contributed by atoms with Gasteiger partial charge in [0.05, 0.1) is 17.6 Å². The molecule has 1 fully saturated rings. The molecule has 2 aliphatic rings. The van der Waals surface area contributed by atoms with E-state index in [4.69, 9.17) is 4.74 Å². The maximum Gasteiger partial charge on any atom is 0.337 e. The SMILES string of the molecule is COC(=O)c1ccc(CN2c3ccccc3C(/C=C3\SC(=O)NC3=O)C2C)cc1. The molecule has 0 bridgehead atoms. The fraction of sp³-hybridized carbons (Fsp3) is 0.227. The first-order valence-electron chi connectivity index (χ1n) is 9.25. The van der Waals surface area contributed by atoms with E-state index < -0.39 is 0 Å². The van der Waals surface area contributed by atoms with E-state index in [9.17, 15) is 14.4 Å². The number of nitrogens with zero attached hydrogens (tertiary/aromatic N) is 1. The van der Waals surface area contributed by atoms with Gasteiger partial charge in [0.25, 0.3) is 11.1 Å². The summed E-state index contributed by atoms with van der Waals surface area (Å²) in [7, 11) is 1.37. The molecule has 2 aliphatic heterocycles. The van der Waals surface area contributed by atoms with Crippen molar-refractivity contribution in [2.24, 2.45) is 0 Å². The molecule has 4 rings (SSSR count). The summed E-state index contributed by atoms with van der Waals surface area (Å²) >= 11 is 0.948. The number of ether oxygens (including phenoxy) is 1. The number of hydrogen-bond acceptors (Lipinski definition) is 6. The summed E-state index contributed by atoms with van der Waals surface area (Å²) in [5.74, 6) is -0.689. The number of methoxy groups -OCH3 is 1. The van der Waals surface area contributed by atoms with Crippen molar-refractivity contribution in [3.8, 4) is 0 Å². The van der Waals surface area contributed by atoms with Crippen LogP contribution in [0.25, 0.3) is 0 Å². The molecule has 0 saturated carbocycles. The molecule has 2 aromatic carbocycles. The minimum atomic E-state index is -0.356. The number of thioether (sulfide) groups is 1. The Balaban J connectivity index is 1.62. The smallest absolute Gasteiger partial charge is 0.337 e. The number of fused-ring (bicyclic) bond motifs is 1. The molecule has 6 nitrogen and oxygen atoms in total. The van der Waals surface area contributed by atoms with Gasteiger partial charge in [-0.2, -0.15) is 0 Å². The lowest BCUT2D eigenvalue weighted by atomic mass is 9.95. The van der Waals surface area contributed by atoms with Crippen molar-refractivity contribution >= 4 is 34.6 Å². The van der Waals surface area contributed by atoms with E-state index in [1.807, 2.05) is 30.3 Å². The van der Waals surface area contributed by atoms with Gasteiger partial charge in [-0.05, 0) is 48.0 Å². The third kappa shape index (κ3) is 3.65. The van der Waals surface area contributed by atoms with Crippen LogP contribution in [0.3, 0.4) is 0 Å². The minimum absolute atomic E-state index is 0.000285. The maximum atomic E-state index is 12.0. The average Bonchev–Trinajstić information content (AvgIpc) is 3.19. The zero-order valence-electron chi connectivity index (χ0n) is 16.0. The monoisotopic (exact) mass is 408 g/mol. The molecule has 2 aromatic rings. The number of imide groups is 1. The van der Waals surface area contributed by atoms with Crippen molar-refractivity contribution < 1.29 is 19.1 Å². The zero-order valence-corrected chi connectivity index (χ0v) is 16.9. The standard InChI is InChI=1S/C22H20N2O4S/c1-13-17(11-19-20(25)23-22(27)29-19)16-5-3-4-6-18(16)24(13)12-14-7-9-15(10-8-14)21(26)28-2/h3-11,13,17H,12H2,1-2H3,(H,23,25,27)/b19-11-. The average molecular weight is 408 g/mol. The summed E-state index contributed by atoms with van der Waals surface area (Å²) in [6.45, 7) is 2.78. The van der Waals surface area contributed by atoms with Crippen molar-refractivity contribution in [3.63, 3.8) is 0 Å². The van der Waals surface area contributed by atoms with E-state index in [1.54, 1.807) is 12.1 Å². The Morgan fingerprint density at radius 2 is 1.90 bits per heavy atom. The van der Waals surface area contributed by atoms with Crippen LogP contribution < -0.4 is 10.2 Å². The number of hydrogen-bond donors (Lipinski definition) is 1. The minimum Gasteiger partial charge on any atom is -0.465 e. The Labute approximate surface area is 172 Å². The van der Waals surface area contributed by atoms with Crippen molar-refractivity contribution in [3.05, 3.63) is 76.2 Å². The first kappa shape index (κ1) is 19.3. The quantitative estimate of drug-likeness (QED) is 0.612. The molecular formula is C22H20N2O4S. The second-order valence-electron chi connectivity index (χ2n) is 7.02. The highest BCUT2D eigenvalue weighted by Gasteiger charge is 2.36. The zero-order chi connectivity index (χ0) is 20.5. The van der Waals surface area contributed by atoms with Crippen LogP contribution in [0.1, 0.15) is 34.3 Å². The normalized spacial score (nSPS) is 22.0. The van der Waals surface area contributed by atoms with Gasteiger partial charge in [-0.25, -0.2) is 4.79 Å². The lowest BCUT2D eigenvalue weighted by Crippen LogP contribution is -2.30. The molecule has 2 amide bonds. The highest BCUT2D eigenvalue weighted by molar-refractivity contribution is 8.18. The second-order valence-corrected chi connectivity index (χ2v) is 8.03. The molecule has 148 valence electrons. The Hall–Kier alpha value is -3.06. The van der Waals surface area contributed by atoms with Gasteiger partial charge >= 0.3 is 5.97 Å². The third-order valence-corrected chi connectivity index (χ3v) is 6.15. The van der Waals surface area contributed by atoms with E-state index >= 15 is 0 Å². The summed E-state index contributed by atoms with van der Waals surface area (Å²) in [6, 6.07) is 15.6. The first-order valence-corrected chi connectivity index (χ1v) is 10.1. The van der Waals surface area contributed by atoms with Crippen LogP contribution in [-0.4, -0.2) is 30.3 Å². The van der Waals surface area contributed by atoms with Gasteiger partial charge in [-0.1, -0.05) is 36.4 Å². The maximum absolute atomic E-state index is 12.0. The van der Waals surface area contributed by atoms with E-state index in [-0.39, 0.29) is 29.1 Å². The topological polar surface area (TPSA) is 75.7 Å². The number of esters is 1. The molecule has 0 aromatic heterocycles. The number of para-hydroxylation sites is 1. The summed E-state index contributed by atoms with van der Waals surface area (Å²) in [4.78, 5) is 37.9. The summed E-state index contributed by atoms with van der Waals surface area (Å²) in [6.07, 6.45) is 1.90. The van der Waals surface area contributed by atoms with Crippen LogP contribution in [0.4, 0.5) is 10.5 Å². The number of benzene rings is 2. The van der Waals surface area contributed by atoms with Gasteiger partial charge in [0.2, 0.25) is 0 Å². The predicted molar refractivity (Wildman–Crippen MR) is 112 cm³/mol. The van der Waals surface area contributed by atoms with Crippen LogP contribution in [0.2, 0.25) is 0 Å². The molecule has 2 atom stereocenters. The van der Waals surface area contributed by atoms with Gasteiger partial charge in [-0.3, -0.25) is 14.9 Å². The Morgan fingerprint density at radius 1 is 1.17 bits per heavy atom. The van der Waals surface area contributed by atoms with Gasteiger partial charge in [0, 0.05) is 24.2 Å². The summed E-state index contributed by atoms with van der Waals surface area (Å²) in [5.41, 5.74) is 3.82. The van der Waals surface area contributed by atoms with Gasteiger partial charge < -0.3 is 9.64 Å². The lowest BCUT2D eigenvalue weighted by Gasteiger charge is -2.27. The highest BCUT2D eigenvalue weighted by atomic mass is 32.2. The lowest BCUT2D eigenvalue weighted by molar-refractivity contribution is -0.115. The first-order chi connectivity index (χ1) is 14.0. The van der Waals surface area contributed by atoms with Gasteiger partial charge in [0.1, 0.15) is 0 Å². The molecule has 2 unspecified atom stereocenters. The van der Waals surface area contributed by atoms with Crippen molar-refractivity contribution in [2.75, 3.05) is 12.0 Å². The Bertz CT molecular complexity index is 1020. The van der Waals surface area contributed by atoms with Crippen molar-refractivity contribution in [2.45, 2.75) is 25.4 Å². The van der Waals surface area contributed by atoms with E-state index in [1.165, 1.54) is 7.11 Å². The largest absolute Gasteiger partial charge is 0.465 e. The summed E-state index contributed by atoms with van der Waals surface area (Å²) < 4.78 is 4.75. The van der Waals surface area contributed by atoms with E-state index in [0.717, 1.165) is 28.6 Å². The van der Waals surface area contributed by atoms with E-state index in [0.29, 0.717) is 17.0 Å². The number of carbonyl (C=O) groups excluding carboxylic acids is 3. The van der Waals surface area contributed by atoms with Crippen LogP contribution >= 0.6 is 11.8 Å². The Morgan fingerprint density at radius 3 is 2.55 bits per heavy atom. The van der Waals surface area contributed by atoms with Crippen LogP contribution in [0, 0.1) is 0 Å². The molecule has 1 saturated heterocycles. The molecule has 0 spiro atoms. The molecule has 0 radical (unpaired) electrons. The summed E-state index contributed by atoms with van der Waals surface area (Å²) in [5, 5.41) is 1.98. The predicted octanol–water partition coefficient (Wildman–Crippen LogP) is 3.83. The number of rotatable bonds is 4. The van der Waals surface area contributed by atoms with Crippen LogP contribution in [-0.2, 0) is 16.1 Å². The van der Waals surface area contributed by atoms with Gasteiger partial charge in [0.15, 0.2) is 0 Å². The molecule has 7 heteroatoms. The Kier molecular flexibility index (Phi) is 5.15. The van der Waals surface area contributed by atoms with E-state index in [2.05, 4.69) is 29.3 Å². The molecular weight excluding hydrogens is 388 g/mol. The molecule has 2 heterocycles. The van der Waals surface area contributed by atoms with Crippen molar-refractivity contribution in [1.82, 2.24) is 5.32 Å². The van der Waals surface area contributed by atoms with Crippen molar-refractivity contribution in [1.29, 1.82) is 0 Å². The number of anilines is 1. The van der Waals surface area contributed by atoms with Crippen LogP contribution in [0.15, 0.2) is 59.5 Å².